The molecule has 1 saturated heterocycles. The molecule has 1 aliphatic rings. The summed E-state index contributed by atoms with van der Waals surface area (Å²) in [5.41, 5.74) is 0.582. The fourth-order valence-corrected chi connectivity index (χ4v) is 2.45. The van der Waals surface area contributed by atoms with Crippen molar-refractivity contribution in [3.05, 3.63) is 24.3 Å². The van der Waals surface area contributed by atoms with E-state index in [0.29, 0.717) is 24.4 Å². The predicted molar refractivity (Wildman–Crippen MR) is 73.9 cm³/mol. The van der Waals surface area contributed by atoms with Crippen LogP contribution in [0, 0.1) is 5.92 Å². The fraction of sp³-hybridized carbons (Fsp3) is 0.429. The van der Waals surface area contributed by atoms with Gasteiger partial charge < -0.3 is 20.1 Å². The number of rotatable bonds is 3. The minimum absolute atomic E-state index is 0.0384. The Balaban J connectivity index is 2.09. The number of nitrogens with zero attached hydrogens (tertiary/aromatic N) is 1. The van der Waals surface area contributed by atoms with Gasteiger partial charge in [0.05, 0.1) is 7.11 Å². The summed E-state index contributed by atoms with van der Waals surface area (Å²) >= 11 is 0. The number of aliphatic carboxylic acids is 1. The highest BCUT2D eigenvalue weighted by Crippen LogP contribution is 2.25. The molecule has 6 nitrogen and oxygen atoms in total. The number of hydrogen-bond acceptors (Lipinski definition) is 3. The van der Waals surface area contributed by atoms with Crippen LogP contribution in [0.2, 0.25) is 0 Å². The standard InChI is InChI=1S/C14H18N2O4/c1-9-6-7-16(12(9)13(17)18)14(19)15-10-4-3-5-11(8-10)20-2/h3-5,8-9,12H,6-7H2,1-2H3,(H,15,19)(H,17,18). The fourth-order valence-electron chi connectivity index (χ4n) is 2.45. The molecule has 1 heterocycles. The van der Waals surface area contributed by atoms with Crippen molar-refractivity contribution in [1.29, 1.82) is 0 Å². The van der Waals surface area contributed by atoms with Gasteiger partial charge in [-0.3, -0.25) is 0 Å². The number of amides is 2. The maximum Gasteiger partial charge on any atom is 0.326 e. The Hall–Kier alpha value is -2.24. The first-order valence-electron chi connectivity index (χ1n) is 6.47. The largest absolute Gasteiger partial charge is 0.497 e. The molecule has 1 aliphatic heterocycles. The van der Waals surface area contributed by atoms with E-state index < -0.39 is 18.0 Å². The number of carbonyl (C=O) groups excluding carboxylic acids is 1. The van der Waals surface area contributed by atoms with E-state index in [-0.39, 0.29) is 5.92 Å². The van der Waals surface area contributed by atoms with Gasteiger partial charge in [0.15, 0.2) is 0 Å². The lowest BCUT2D eigenvalue weighted by atomic mass is 10.0. The highest BCUT2D eigenvalue weighted by Gasteiger charge is 2.39. The molecule has 0 aromatic heterocycles. The van der Waals surface area contributed by atoms with E-state index in [2.05, 4.69) is 5.32 Å². The van der Waals surface area contributed by atoms with Gasteiger partial charge >= 0.3 is 12.0 Å². The molecule has 2 rings (SSSR count). The number of likely N-dealkylation sites (tertiary alicyclic amines) is 1. The molecule has 6 heteroatoms. The smallest absolute Gasteiger partial charge is 0.326 e. The highest BCUT2D eigenvalue weighted by atomic mass is 16.5. The van der Waals surface area contributed by atoms with Gasteiger partial charge in [0.25, 0.3) is 0 Å². The third-order valence-corrected chi connectivity index (χ3v) is 3.54. The first kappa shape index (κ1) is 14.2. The molecule has 1 fully saturated rings. The van der Waals surface area contributed by atoms with Gasteiger partial charge in [-0.2, -0.15) is 0 Å². The third kappa shape index (κ3) is 2.84. The minimum Gasteiger partial charge on any atom is -0.497 e. The molecule has 0 spiro atoms. The van der Waals surface area contributed by atoms with Crippen molar-refractivity contribution in [1.82, 2.24) is 4.90 Å². The number of carboxylic acids is 1. The average Bonchev–Trinajstić information content (AvgIpc) is 2.81. The summed E-state index contributed by atoms with van der Waals surface area (Å²) in [4.78, 5) is 24.8. The molecular weight excluding hydrogens is 260 g/mol. The van der Waals surface area contributed by atoms with Gasteiger partial charge in [-0.05, 0) is 24.5 Å². The van der Waals surface area contributed by atoms with Crippen molar-refractivity contribution in [2.75, 3.05) is 19.0 Å². The van der Waals surface area contributed by atoms with Crippen LogP contribution in [0.4, 0.5) is 10.5 Å². The molecule has 20 heavy (non-hydrogen) atoms. The van der Waals surface area contributed by atoms with E-state index in [1.54, 1.807) is 31.4 Å². The summed E-state index contributed by atoms with van der Waals surface area (Å²) in [6.07, 6.45) is 0.697. The van der Waals surface area contributed by atoms with Gasteiger partial charge in [0, 0.05) is 18.3 Å². The van der Waals surface area contributed by atoms with Crippen LogP contribution in [0.25, 0.3) is 0 Å². The first-order valence-corrected chi connectivity index (χ1v) is 6.47. The molecule has 108 valence electrons. The summed E-state index contributed by atoms with van der Waals surface area (Å²) in [5.74, 6) is -0.369. The summed E-state index contributed by atoms with van der Waals surface area (Å²) in [7, 11) is 1.55. The Bertz CT molecular complexity index is 518. The van der Waals surface area contributed by atoms with E-state index in [4.69, 9.17) is 4.74 Å². The molecule has 2 atom stereocenters. The van der Waals surface area contributed by atoms with Crippen molar-refractivity contribution in [3.63, 3.8) is 0 Å². The van der Waals surface area contributed by atoms with E-state index in [9.17, 15) is 14.7 Å². The molecular formula is C14H18N2O4. The lowest BCUT2D eigenvalue weighted by Gasteiger charge is -2.23. The molecule has 0 bridgehead atoms. The van der Waals surface area contributed by atoms with E-state index in [1.165, 1.54) is 4.90 Å². The number of anilines is 1. The number of nitrogens with one attached hydrogen (secondary N) is 1. The minimum atomic E-state index is -0.962. The number of methoxy groups -OCH3 is 1. The summed E-state index contributed by atoms with van der Waals surface area (Å²) in [6, 6.07) is 5.79. The third-order valence-electron chi connectivity index (χ3n) is 3.54. The maximum atomic E-state index is 12.2. The van der Waals surface area contributed by atoms with Gasteiger partial charge in [-0.15, -0.1) is 0 Å². The summed E-state index contributed by atoms with van der Waals surface area (Å²) in [6.45, 7) is 2.30. The lowest BCUT2D eigenvalue weighted by molar-refractivity contribution is -0.142. The van der Waals surface area contributed by atoms with Crippen LogP contribution in [-0.2, 0) is 4.79 Å². The number of carbonyl (C=O) groups is 2. The Morgan fingerprint density at radius 1 is 1.45 bits per heavy atom. The average molecular weight is 278 g/mol. The molecule has 2 N–H and O–H groups in total. The van der Waals surface area contributed by atoms with Gasteiger partial charge in [-0.25, -0.2) is 9.59 Å². The SMILES string of the molecule is COc1cccc(NC(=O)N2CCC(C)C2C(=O)O)c1. The number of carboxylic acid groups (broad SMARTS) is 1. The zero-order valence-corrected chi connectivity index (χ0v) is 11.5. The maximum absolute atomic E-state index is 12.2. The number of ether oxygens (including phenoxy) is 1. The van der Waals surface area contributed by atoms with Crippen LogP contribution in [0.1, 0.15) is 13.3 Å². The number of hydrogen-bond donors (Lipinski definition) is 2. The highest BCUT2D eigenvalue weighted by molar-refractivity contribution is 5.93. The quantitative estimate of drug-likeness (QED) is 0.886. The molecule has 0 saturated carbocycles. The molecule has 0 aliphatic carbocycles. The van der Waals surface area contributed by atoms with Crippen LogP contribution in [0.5, 0.6) is 5.75 Å². The van der Waals surface area contributed by atoms with Crippen molar-refractivity contribution in [2.24, 2.45) is 5.92 Å². The second-order valence-corrected chi connectivity index (χ2v) is 4.90. The summed E-state index contributed by atoms with van der Waals surface area (Å²) < 4.78 is 5.08. The molecule has 0 radical (unpaired) electrons. The predicted octanol–water partition coefficient (Wildman–Crippen LogP) is 2.02. The van der Waals surface area contributed by atoms with Gasteiger partial charge in [-0.1, -0.05) is 13.0 Å². The van der Waals surface area contributed by atoms with E-state index >= 15 is 0 Å². The van der Waals surface area contributed by atoms with Crippen molar-refractivity contribution < 1.29 is 19.4 Å². The number of benzene rings is 1. The normalized spacial score (nSPS) is 21.6. The van der Waals surface area contributed by atoms with Gasteiger partial charge in [0.2, 0.25) is 0 Å². The summed E-state index contributed by atoms with van der Waals surface area (Å²) in [5, 5.41) is 11.9. The van der Waals surface area contributed by atoms with Crippen LogP contribution >= 0.6 is 0 Å². The van der Waals surface area contributed by atoms with Crippen LogP contribution in [-0.4, -0.2) is 41.7 Å². The monoisotopic (exact) mass is 278 g/mol. The topological polar surface area (TPSA) is 78.9 Å². The van der Waals surface area contributed by atoms with Crippen LogP contribution < -0.4 is 10.1 Å². The molecule has 1 aromatic rings. The second-order valence-electron chi connectivity index (χ2n) is 4.90. The second kappa shape index (κ2) is 5.81. The zero-order chi connectivity index (χ0) is 14.7. The Labute approximate surface area is 117 Å². The van der Waals surface area contributed by atoms with Crippen molar-refractivity contribution in [2.45, 2.75) is 19.4 Å². The molecule has 2 unspecified atom stereocenters. The molecule has 1 aromatic carbocycles. The Morgan fingerprint density at radius 2 is 2.20 bits per heavy atom. The van der Waals surface area contributed by atoms with Gasteiger partial charge in [0.1, 0.15) is 11.8 Å². The van der Waals surface area contributed by atoms with E-state index in [1.807, 2.05) is 6.92 Å². The first-order chi connectivity index (χ1) is 9.52. The lowest BCUT2D eigenvalue weighted by Crippen LogP contribution is -2.44. The Morgan fingerprint density at radius 3 is 2.85 bits per heavy atom. The zero-order valence-electron chi connectivity index (χ0n) is 11.5. The van der Waals surface area contributed by atoms with E-state index in [0.717, 1.165) is 0 Å². The van der Waals surface area contributed by atoms with Crippen LogP contribution in [0.15, 0.2) is 24.3 Å². The Kier molecular flexibility index (Phi) is 4.12. The van der Waals surface area contributed by atoms with Crippen molar-refractivity contribution in [3.8, 4) is 5.75 Å². The van der Waals surface area contributed by atoms with Crippen LogP contribution in [0.3, 0.4) is 0 Å². The molecule has 2 amide bonds. The van der Waals surface area contributed by atoms with Crippen molar-refractivity contribution >= 4 is 17.7 Å². The number of urea groups is 1.